The molecule has 3 aromatic rings. The van der Waals surface area contributed by atoms with Gasteiger partial charge in [-0.25, -0.2) is 0 Å². The zero-order chi connectivity index (χ0) is 24.7. The molecule has 0 saturated carbocycles. The SMILES string of the molecule is CCCC1Cc2c(ccc(C#N)c2C(F)(F)F)N1Cc1noc(-c2ccc(C(C)(C)C)cc2)n1. The zero-order valence-electron chi connectivity index (χ0n) is 19.7. The number of hydrogen-bond acceptors (Lipinski definition) is 5. The molecule has 1 aliphatic rings. The Bertz CT molecular complexity index is 1220. The maximum absolute atomic E-state index is 13.8. The molecule has 0 amide bonds. The molecule has 2 aromatic carbocycles. The number of alkyl halides is 3. The molecule has 2 heterocycles. The fourth-order valence-corrected chi connectivity index (χ4v) is 4.58. The minimum atomic E-state index is -4.60. The Morgan fingerprint density at radius 1 is 1.12 bits per heavy atom. The second-order valence-electron chi connectivity index (χ2n) is 9.71. The lowest BCUT2D eigenvalue weighted by Crippen LogP contribution is -2.31. The minimum Gasteiger partial charge on any atom is -0.360 e. The first-order valence-corrected chi connectivity index (χ1v) is 11.4. The van der Waals surface area contributed by atoms with Crippen LogP contribution in [0.5, 0.6) is 0 Å². The number of anilines is 1. The largest absolute Gasteiger partial charge is 0.418 e. The Kier molecular flexibility index (Phi) is 6.15. The molecule has 8 heteroatoms. The lowest BCUT2D eigenvalue weighted by molar-refractivity contribution is -0.138. The second kappa shape index (κ2) is 8.79. The van der Waals surface area contributed by atoms with E-state index in [9.17, 15) is 18.4 Å². The van der Waals surface area contributed by atoms with Gasteiger partial charge in [-0.2, -0.15) is 23.4 Å². The lowest BCUT2D eigenvalue weighted by atomic mass is 9.87. The van der Waals surface area contributed by atoms with Gasteiger partial charge >= 0.3 is 6.18 Å². The molecule has 0 saturated heterocycles. The van der Waals surface area contributed by atoms with Gasteiger partial charge in [0.05, 0.1) is 23.7 Å². The normalized spacial score (nSPS) is 15.9. The molecule has 0 fully saturated rings. The van der Waals surface area contributed by atoms with Crippen molar-refractivity contribution in [3.8, 4) is 17.5 Å². The number of nitriles is 1. The lowest BCUT2D eigenvalue weighted by Gasteiger charge is -2.26. The van der Waals surface area contributed by atoms with Crippen LogP contribution in [-0.4, -0.2) is 16.2 Å². The molecule has 5 nitrogen and oxygen atoms in total. The van der Waals surface area contributed by atoms with E-state index in [-0.39, 0.29) is 35.5 Å². The number of hydrogen-bond donors (Lipinski definition) is 0. The zero-order valence-corrected chi connectivity index (χ0v) is 19.7. The summed E-state index contributed by atoms with van der Waals surface area (Å²) in [6.45, 7) is 8.64. The van der Waals surface area contributed by atoms with E-state index in [1.807, 2.05) is 36.1 Å². The van der Waals surface area contributed by atoms with Crippen LogP contribution in [-0.2, 0) is 24.6 Å². The molecule has 178 valence electrons. The highest BCUT2D eigenvalue weighted by atomic mass is 19.4. The van der Waals surface area contributed by atoms with Gasteiger partial charge < -0.3 is 9.42 Å². The van der Waals surface area contributed by atoms with Crippen molar-refractivity contribution in [2.24, 2.45) is 0 Å². The summed E-state index contributed by atoms with van der Waals surface area (Å²) in [6.07, 6.45) is -2.83. The Morgan fingerprint density at radius 2 is 1.82 bits per heavy atom. The number of rotatable bonds is 5. The van der Waals surface area contributed by atoms with Crippen LogP contribution in [0.4, 0.5) is 18.9 Å². The number of nitrogens with zero attached hydrogens (tertiary/aromatic N) is 4. The van der Waals surface area contributed by atoms with Crippen LogP contribution in [0.3, 0.4) is 0 Å². The van der Waals surface area contributed by atoms with Crippen LogP contribution in [0, 0.1) is 11.3 Å². The van der Waals surface area contributed by atoms with Crippen LogP contribution in [0.25, 0.3) is 11.5 Å². The average Bonchev–Trinajstić information content (AvgIpc) is 3.37. The van der Waals surface area contributed by atoms with Gasteiger partial charge in [-0.1, -0.05) is 51.4 Å². The molecule has 1 aromatic heterocycles. The van der Waals surface area contributed by atoms with Crippen molar-refractivity contribution in [1.82, 2.24) is 10.1 Å². The summed E-state index contributed by atoms with van der Waals surface area (Å²) in [5.41, 5.74) is 1.47. The molecular formula is C26H27F3N4O. The first kappa shape index (κ1) is 23.8. The topological polar surface area (TPSA) is 66.0 Å². The fourth-order valence-electron chi connectivity index (χ4n) is 4.58. The van der Waals surface area contributed by atoms with Crippen LogP contribution >= 0.6 is 0 Å². The van der Waals surface area contributed by atoms with Crippen LogP contribution < -0.4 is 4.90 Å². The van der Waals surface area contributed by atoms with Crippen molar-refractivity contribution >= 4 is 5.69 Å². The van der Waals surface area contributed by atoms with E-state index >= 15 is 0 Å². The van der Waals surface area contributed by atoms with E-state index in [1.165, 1.54) is 11.6 Å². The standard InChI is InChI=1S/C26H27F3N4O/c1-5-6-19-13-20-21(12-9-17(14-30)23(20)26(27,28)29)33(19)15-22-31-24(34-32-22)16-7-10-18(11-8-16)25(2,3)4/h7-12,19H,5-6,13,15H2,1-4H3. The highest BCUT2D eigenvalue weighted by Gasteiger charge is 2.42. The second-order valence-corrected chi connectivity index (χ2v) is 9.71. The number of benzene rings is 2. The first-order chi connectivity index (χ1) is 16.0. The van der Waals surface area contributed by atoms with E-state index in [2.05, 4.69) is 30.9 Å². The van der Waals surface area contributed by atoms with Gasteiger partial charge in [0.2, 0.25) is 0 Å². The smallest absolute Gasteiger partial charge is 0.360 e. The van der Waals surface area contributed by atoms with Gasteiger partial charge in [0.1, 0.15) is 0 Å². The van der Waals surface area contributed by atoms with Gasteiger partial charge in [0, 0.05) is 17.3 Å². The number of aromatic nitrogens is 2. The van der Waals surface area contributed by atoms with E-state index in [0.717, 1.165) is 12.0 Å². The predicted octanol–water partition coefficient (Wildman–Crippen LogP) is 6.66. The van der Waals surface area contributed by atoms with Crippen molar-refractivity contribution < 1.29 is 17.7 Å². The summed E-state index contributed by atoms with van der Waals surface area (Å²) in [4.78, 5) is 6.42. The summed E-state index contributed by atoms with van der Waals surface area (Å²) in [5.74, 6) is 0.777. The summed E-state index contributed by atoms with van der Waals surface area (Å²) in [6, 6.07) is 12.3. The summed E-state index contributed by atoms with van der Waals surface area (Å²) in [5, 5.41) is 13.4. The Hall–Kier alpha value is -3.34. The third-order valence-corrected chi connectivity index (χ3v) is 6.28. The third kappa shape index (κ3) is 4.52. The highest BCUT2D eigenvalue weighted by molar-refractivity contribution is 5.66. The molecule has 0 spiro atoms. The molecule has 1 atom stereocenters. The summed E-state index contributed by atoms with van der Waals surface area (Å²) >= 11 is 0. The van der Waals surface area contributed by atoms with Gasteiger partial charge in [-0.3, -0.25) is 0 Å². The van der Waals surface area contributed by atoms with Gasteiger partial charge in [-0.05, 0) is 53.6 Å². The van der Waals surface area contributed by atoms with Crippen LogP contribution in [0.15, 0.2) is 40.9 Å². The maximum atomic E-state index is 13.8. The average molecular weight is 469 g/mol. The molecule has 0 N–H and O–H groups in total. The van der Waals surface area contributed by atoms with Crippen LogP contribution in [0.1, 0.15) is 68.6 Å². The summed E-state index contributed by atoms with van der Waals surface area (Å²) in [7, 11) is 0. The van der Waals surface area contributed by atoms with Gasteiger partial charge in [0.15, 0.2) is 5.82 Å². The molecule has 4 rings (SSSR count). The van der Waals surface area contributed by atoms with Crippen molar-refractivity contribution in [3.63, 3.8) is 0 Å². The van der Waals surface area contributed by atoms with Crippen LogP contribution in [0.2, 0.25) is 0 Å². The molecule has 0 bridgehead atoms. The minimum absolute atomic E-state index is 0.0245. The van der Waals surface area contributed by atoms with Crippen molar-refractivity contribution in [2.75, 3.05) is 4.90 Å². The van der Waals surface area contributed by atoms with E-state index in [1.54, 1.807) is 12.1 Å². The summed E-state index contributed by atoms with van der Waals surface area (Å²) < 4.78 is 47.0. The van der Waals surface area contributed by atoms with E-state index in [0.29, 0.717) is 23.8 Å². The van der Waals surface area contributed by atoms with E-state index < -0.39 is 11.7 Å². The molecule has 34 heavy (non-hydrogen) atoms. The number of fused-ring (bicyclic) bond motifs is 1. The molecule has 1 unspecified atom stereocenters. The Morgan fingerprint density at radius 3 is 2.41 bits per heavy atom. The fraction of sp³-hybridized carbons (Fsp3) is 0.423. The van der Waals surface area contributed by atoms with Crippen molar-refractivity contribution in [3.05, 3.63) is 64.5 Å². The number of halogens is 3. The Labute approximate surface area is 197 Å². The molecule has 0 aliphatic carbocycles. The van der Waals surface area contributed by atoms with Crippen molar-refractivity contribution in [1.29, 1.82) is 5.26 Å². The molecule has 0 radical (unpaired) electrons. The Balaban J connectivity index is 1.65. The monoisotopic (exact) mass is 468 g/mol. The highest BCUT2D eigenvalue weighted by Crippen LogP contribution is 2.44. The molecular weight excluding hydrogens is 441 g/mol. The van der Waals surface area contributed by atoms with E-state index in [4.69, 9.17) is 4.52 Å². The van der Waals surface area contributed by atoms with Gasteiger partial charge in [-0.15, -0.1) is 0 Å². The predicted molar refractivity (Wildman–Crippen MR) is 123 cm³/mol. The van der Waals surface area contributed by atoms with Gasteiger partial charge in [0.25, 0.3) is 5.89 Å². The third-order valence-electron chi connectivity index (χ3n) is 6.28. The molecule has 1 aliphatic heterocycles. The quantitative estimate of drug-likeness (QED) is 0.419. The maximum Gasteiger partial charge on any atom is 0.418 e. The first-order valence-electron chi connectivity index (χ1n) is 11.4. The van der Waals surface area contributed by atoms with Crippen molar-refractivity contribution in [2.45, 2.75) is 71.1 Å².